The summed E-state index contributed by atoms with van der Waals surface area (Å²) in [6.07, 6.45) is 3.21. The van der Waals surface area contributed by atoms with Crippen LogP contribution in [0.2, 0.25) is 0 Å². The quantitative estimate of drug-likeness (QED) is 0.471. The summed E-state index contributed by atoms with van der Waals surface area (Å²) in [6.45, 7) is 23.9. The normalized spacial score (nSPS) is 18.0. The van der Waals surface area contributed by atoms with Crippen LogP contribution in [-0.4, -0.2) is 5.67 Å². The molecule has 1 unspecified atom stereocenters. The topological polar surface area (TPSA) is 0 Å². The van der Waals surface area contributed by atoms with E-state index in [-0.39, 0.29) is 21.7 Å². The van der Waals surface area contributed by atoms with Crippen LogP contribution in [0.15, 0.2) is 0 Å². The second-order valence-corrected chi connectivity index (χ2v) is 9.04. The number of hydrogen-bond acceptors (Lipinski definition) is 0. The van der Waals surface area contributed by atoms with E-state index in [9.17, 15) is 0 Å². The van der Waals surface area contributed by atoms with E-state index in [1.165, 1.54) is 12.8 Å². The third kappa shape index (κ3) is 2.79. The lowest BCUT2D eigenvalue weighted by atomic mass is 9.43. The van der Waals surface area contributed by atoms with Gasteiger partial charge in [-0.2, -0.15) is 0 Å². The molecule has 0 saturated heterocycles. The van der Waals surface area contributed by atoms with E-state index in [4.69, 9.17) is 0 Å². The summed E-state index contributed by atoms with van der Waals surface area (Å²) in [5.41, 5.74) is -1.41. The van der Waals surface area contributed by atoms with Gasteiger partial charge in [-0.25, -0.2) is 4.39 Å². The van der Waals surface area contributed by atoms with Gasteiger partial charge in [0.1, 0.15) is 5.67 Å². The molecule has 20 heavy (non-hydrogen) atoms. The molecule has 0 amide bonds. The average Bonchev–Trinajstić information content (AvgIpc) is 2.25. The van der Waals surface area contributed by atoms with E-state index in [0.29, 0.717) is 0 Å². The predicted molar refractivity (Wildman–Crippen MR) is 89.8 cm³/mol. The third-order valence-corrected chi connectivity index (χ3v) is 7.53. The first kappa shape index (κ1) is 19.9. The summed E-state index contributed by atoms with van der Waals surface area (Å²) in [7, 11) is 0. The van der Waals surface area contributed by atoms with Crippen molar-refractivity contribution in [3.63, 3.8) is 0 Å². The second-order valence-electron chi connectivity index (χ2n) is 9.04. The van der Waals surface area contributed by atoms with Crippen LogP contribution >= 0.6 is 0 Å². The highest BCUT2D eigenvalue weighted by molar-refractivity contribution is 5.08. The van der Waals surface area contributed by atoms with Crippen LogP contribution in [-0.2, 0) is 0 Å². The highest BCUT2D eigenvalue weighted by atomic mass is 19.1. The Balaban J connectivity index is 5.94. The first-order chi connectivity index (χ1) is 8.62. The molecule has 0 heterocycles. The molecule has 0 N–H and O–H groups in total. The first-order valence-electron chi connectivity index (χ1n) is 8.31. The van der Waals surface area contributed by atoms with Gasteiger partial charge in [-0.05, 0) is 42.9 Å². The molecule has 0 aromatic rings. The van der Waals surface area contributed by atoms with Crippen molar-refractivity contribution in [2.45, 2.75) is 101 Å². The minimum atomic E-state index is -1.19. The first-order valence-corrected chi connectivity index (χ1v) is 8.31. The maximum absolute atomic E-state index is 15.0. The zero-order valence-electron chi connectivity index (χ0n) is 16.0. The predicted octanol–water partition coefficient (Wildman–Crippen LogP) is 7.03. The Morgan fingerprint density at radius 3 is 1.35 bits per heavy atom. The smallest absolute Gasteiger partial charge is 0.111 e. The summed E-state index contributed by atoms with van der Waals surface area (Å²) < 4.78 is 15.0. The molecular formula is C19H39F. The van der Waals surface area contributed by atoms with Crippen LogP contribution in [0.5, 0.6) is 0 Å². The summed E-state index contributed by atoms with van der Waals surface area (Å²) in [5.74, 6) is 0. The van der Waals surface area contributed by atoms with Crippen molar-refractivity contribution in [3.8, 4) is 0 Å². The summed E-state index contributed by atoms with van der Waals surface area (Å²) in [4.78, 5) is 0. The van der Waals surface area contributed by atoms with Crippen LogP contribution in [0.1, 0.15) is 95.4 Å². The molecule has 0 bridgehead atoms. The number of rotatable bonds is 7. The lowest BCUT2D eigenvalue weighted by Gasteiger charge is -2.62. The Hall–Kier alpha value is -0.0700. The molecular weight excluding hydrogens is 247 g/mol. The van der Waals surface area contributed by atoms with E-state index in [0.717, 1.165) is 6.42 Å². The molecule has 0 spiro atoms. The SMILES string of the molecule is CCCC(C)(C)C(C)(C)C(C)(C)C(C)(CC)C(C)(C)F. The van der Waals surface area contributed by atoms with Gasteiger partial charge in [-0.3, -0.25) is 0 Å². The van der Waals surface area contributed by atoms with Gasteiger partial charge in [0.15, 0.2) is 0 Å². The van der Waals surface area contributed by atoms with Crippen molar-refractivity contribution < 1.29 is 4.39 Å². The molecule has 0 aliphatic heterocycles. The molecule has 0 rings (SSSR count). The van der Waals surface area contributed by atoms with E-state index < -0.39 is 5.67 Å². The Bertz CT molecular complexity index is 317. The minimum absolute atomic E-state index is 0.0458. The Morgan fingerprint density at radius 1 is 0.700 bits per heavy atom. The van der Waals surface area contributed by atoms with Gasteiger partial charge in [0.25, 0.3) is 0 Å². The molecule has 0 aromatic heterocycles. The Kier molecular flexibility index (Phi) is 5.59. The maximum atomic E-state index is 15.0. The molecule has 0 saturated carbocycles. The molecule has 0 nitrogen and oxygen atoms in total. The fraction of sp³-hybridized carbons (Fsp3) is 1.00. The highest BCUT2D eigenvalue weighted by Gasteiger charge is 2.60. The summed E-state index contributed by atoms with van der Waals surface area (Å²) >= 11 is 0. The lowest BCUT2D eigenvalue weighted by molar-refractivity contribution is -0.160. The Labute approximate surface area is 127 Å². The Morgan fingerprint density at radius 2 is 1.10 bits per heavy atom. The van der Waals surface area contributed by atoms with Crippen LogP contribution in [0.3, 0.4) is 0 Å². The summed E-state index contributed by atoms with van der Waals surface area (Å²) in [6, 6.07) is 0. The summed E-state index contributed by atoms with van der Waals surface area (Å²) in [5, 5.41) is 0. The van der Waals surface area contributed by atoms with Crippen molar-refractivity contribution >= 4 is 0 Å². The number of alkyl halides is 1. The number of hydrogen-bond donors (Lipinski definition) is 0. The lowest BCUT2D eigenvalue weighted by Crippen LogP contribution is -2.58. The van der Waals surface area contributed by atoms with Crippen molar-refractivity contribution in [1.82, 2.24) is 0 Å². The molecule has 0 radical (unpaired) electrons. The van der Waals surface area contributed by atoms with Gasteiger partial charge in [0.05, 0.1) is 0 Å². The zero-order chi connectivity index (χ0) is 16.6. The van der Waals surface area contributed by atoms with Crippen LogP contribution in [0.25, 0.3) is 0 Å². The van der Waals surface area contributed by atoms with Gasteiger partial charge in [-0.1, -0.05) is 68.7 Å². The molecule has 1 atom stereocenters. The van der Waals surface area contributed by atoms with Crippen molar-refractivity contribution in [2.75, 3.05) is 0 Å². The van der Waals surface area contributed by atoms with E-state index in [1.807, 2.05) is 0 Å². The van der Waals surface area contributed by atoms with E-state index in [1.54, 1.807) is 13.8 Å². The number of halogens is 1. The standard InChI is InChI=1S/C19H39F/c1-12-14-15(3,4)16(5,6)17(7,8)19(11,13-2)18(9,10)20/h12-14H2,1-11H3. The van der Waals surface area contributed by atoms with Gasteiger partial charge >= 0.3 is 0 Å². The zero-order valence-corrected chi connectivity index (χ0v) is 16.0. The van der Waals surface area contributed by atoms with Gasteiger partial charge in [-0.15, -0.1) is 0 Å². The molecule has 122 valence electrons. The molecule has 0 aromatic carbocycles. The molecule has 0 aliphatic rings. The third-order valence-electron chi connectivity index (χ3n) is 7.53. The van der Waals surface area contributed by atoms with Crippen LogP contribution in [0, 0.1) is 21.7 Å². The average molecular weight is 287 g/mol. The second kappa shape index (κ2) is 5.61. The van der Waals surface area contributed by atoms with Crippen molar-refractivity contribution in [3.05, 3.63) is 0 Å². The minimum Gasteiger partial charge on any atom is -0.244 e. The fourth-order valence-electron chi connectivity index (χ4n) is 4.08. The van der Waals surface area contributed by atoms with Crippen LogP contribution in [0.4, 0.5) is 4.39 Å². The van der Waals surface area contributed by atoms with Gasteiger partial charge in [0, 0.05) is 5.41 Å². The fourth-order valence-corrected chi connectivity index (χ4v) is 4.08. The molecule has 1 heteroatoms. The monoisotopic (exact) mass is 286 g/mol. The maximum Gasteiger partial charge on any atom is 0.111 e. The van der Waals surface area contributed by atoms with Crippen LogP contribution < -0.4 is 0 Å². The highest BCUT2D eigenvalue weighted by Crippen LogP contribution is 2.64. The molecule has 0 aliphatic carbocycles. The van der Waals surface area contributed by atoms with Crippen molar-refractivity contribution in [2.24, 2.45) is 21.7 Å². The van der Waals surface area contributed by atoms with Crippen molar-refractivity contribution in [1.29, 1.82) is 0 Å². The van der Waals surface area contributed by atoms with Gasteiger partial charge < -0.3 is 0 Å². The molecule has 0 fully saturated rings. The van der Waals surface area contributed by atoms with Gasteiger partial charge in [0.2, 0.25) is 0 Å². The van der Waals surface area contributed by atoms with E-state index >= 15 is 4.39 Å². The van der Waals surface area contributed by atoms with E-state index in [2.05, 4.69) is 62.3 Å². The largest absolute Gasteiger partial charge is 0.244 e.